The molecule has 1 saturated heterocycles. The quantitative estimate of drug-likeness (QED) is 0.144. The van der Waals surface area contributed by atoms with E-state index in [-0.39, 0.29) is 22.2 Å². The molecule has 0 aromatic carbocycles. The minimum atomic E-state index is -1.75. The molecule has 0 unspecified atom stereocenters. The minimum absolute atomic E-state index is 0.0365. The Hall–Kier alpha value is -3.98. The van der Waals surface area contributed by atoms with Crippen LogP contribution in [0.15, 0.2) is 52.4 Å². The van der Waals surface area contributed by atoms with Crippen LogP contribution in [-0.2, 0) is 30.6 Å². The first-order valence-electron chi connectivity index (χ1n) is 10.9. The molecule has 2 aliphatic rings. The molecule has 2 amide bonds. The zero-order valence-electron chi connectivity index (χ0n) is 19.7. The number of aliphatic carboxylic acids is 2. The smallest absolute Gasteiger partial charge is 0.352 e. The minimum Gasteiger partial charge on any atom is -0.478 e. The highest BCUT2D eigenvalue weighted by Crippen LogP contribution is 2.40. The van der Waals surface area contributed by atoms with Crippen molar-refractivity contribution in [2.45, 2.75) is 37.4 Å². The summed E-state index contributed by atoms with van der Waals surface area (Å²) >= 11 is 2.35. The van der Waals surface area contributed by atoms with E-state index >= 15 is 0 Å². The van der Waals surface area contributed by atoms with E-state index < -0.39 is 40.8 Å². The number of aromatic nitrogens is 2. The lowest BCUT2D eigenvalue weighted by Crippen LogP contribution is -2.71. The van der Waals surface area contributed by atoms with Gasteiger partial charge in [0.1, 0.15) is 22.8 Å². The van der Waals surface area contributed by atoms with Gasteiger partial charge in [-0.25, -0.2) is 19.1 Å². The molecule has 2 aromatic rings. The van der Waals surface area contributed by atoms with Crippen molar-refractivity contribution in [3.63, 3.8) is 0 Å². The van der Waals surface area contributed by atoms with Gasteiger partial charge in [0.15, 0.2) is 29.8 Å². The Morgan fingerprint density at radius 2 is 2.00 bits per heavy atom. The number of rotatable bonds is 9. The standard InChI is InChI=1S/C22H22N6O7S2/c1-22(2,20(33)34)35-26-13(12-10-37-21(23)24-12)16(29)25-14-17(30)28-15(19(31)32)11(9-36-18(14)28)8-27-6-4-3-5-7-27/h3-7,10,14,18H,8-9H2,1-2H3,(H4-,23,24,25,29,31,32,33,34)/p+1/t14-,18-/m1/s1. The highest BCUT2D eigenvalue weighted by molar-refractivity contribution is 8.00. The molecule has 0 radical (unpaired) electrons. The zero-order chi connectivity index (χ0) is 26.9. The van der Waals surface area contributed by atoms with Gasteiger partial charge in [-0.05, 0) is 13.8 Å². The second kappa shape index (κ2) is 10.2. The third kappa shape index (κ3) is 5.27. The van der Waals surface area contributed by atoms with Crippen molar-refractivity contribution >= 4 is 57.7 Å². The van der Waals surface area contributed by atoms with Gasteiger partial charge in [-0.2, -0.15) is 0 Å². The maximum absolute atomic E-state index is 13.1. The molecule has 15 heteroatoms. The molecule has 13 nitrogen and oxygen atoms in total. The number of fused-ring (bicyclic) bond motifs is 1. The summed E-state index contributed by atoms with van der Waals surface area (Å²) in [5.74, 6) is -3.66. The number of carboxylic acids is 2. The van der Waals surface area contributed by atoms with Crippen LogP contribution in [0.25, 0.3) is 0 Å². The van der Waals surface area contributed by atoms with Gasteiger partial charge >= 0.3 is 11.9 Å². The van der Waals surface area contributed by atoms with Gasteiger partial charge in [-0.1, -0.05) is 11.2 Å². The predicted molar refractivity (Wildman–Crippen MR) is 132 cm³/mol. The van der Waals surface area contributed by atoms with Crippen LogP contribution in [0.1, 0.15) is 19.5 Å². The Bertz CT molecular complexity index is 1320. The summed E-state index contributed by atoms with van der Waals surface area (Å²) in [6.45, 7) is 2.80. The van der Waals surface area contributed by atoms with Crippen molar-refractivity contribution in [3.05, 3.63) is 52.9 Å². The highest BCUT2D eigenvalue weighted by Gasteiger charge is 2.54. The molecule has 0 spiro atoms. The zero-order valence-corrected chi connectivity index (χ0v) is 21.3. The number of carbonyl (C=O) groups is 4. The Morgan fingerprint density at radius 1 is 1.30 bits per heavy atom. The van der Waals surface area contributed by atoms with E-state index in [2.05, 4.69) is 15.5 Å². The van der Waals surface area contributed by atoms with E-state index in [0.717, 1.165) is 11.3 Å². The summed E-state index contributed by atoms with van der Waals surface area (Å²) in [5, 5.41) is 26.3. The van der Waals surface area contributed by atoms with E-state index in [4.69, 9.17) is 10.6 Å². The number of carbonyl (C=O) groups excluding carboxylic acids is 2. The molecule has 37 heavy (non-hydrogen) atoms. The molecule has 5 N–H and O–H groups in total. The fourth-order valence-corrected chi connectivity index (χ4v) is 5.46. The summed E-state index contributed by atoms with van der Waals surface area (Å²) < 4.78 is 1.81. The number of nitrogens with zero attached hydrogens (tertiary/aromatic N) is 4. The molecule has 0 bridgehead atoms. The Morgan fingerprint density at radius 3 is 2.59 bits per heavy atom. The number of hydrogen-bond donors (Lipinski definition) is 4. The highest BCUT2D eigenvalue weighted by atomic mass is 32.2. The Kier molecular flexibility index (Phi) is 7.18. The SMILES string of the molecule is CC(C)(ON=C(C(=O)N[C@@H]1C(=O)N2C(C(=O)O)=C(C[n+]3ccccc3)CS[C@H]12)c1csc(N)n1)C(=O)O. The van der Waals surface area contributed by atoms with E-state index in [1.807, 2.05) is 22.8 Å². The molecular formula is C22H23N6O7S2+. The summed E-state index contributed by atoms with van der Waals surface area (Å²) in [5.41, 5.74) is 4.04. The lowest BCUT2D eigenvalue weighted by Gasteiger charge is -2.49. The molecule has 2 aliphatic heterocycles. The van der Waals surface area contributed by atoms with Gasteiger partial charge < -0.3 is 26.1 Å². The predicted octanol–water partition coefficient (Wildman–Crippen LogP) is 0.0355. The van der Waals surface area contributed by atoms with Gasteiger partial charge in [0.05, 0.1) is 0 Å². The average Bonchev–Trinajstić information content (AvgIpc) is 3.28. The number of hydrogen-bond acceptors (Lipinski definition) is 10. The molecule has 0 aliphatic carbocycles. The Balaban J connectivity index is 1.55. The van der Waals surface area contributed by atoms with E-state index in [9.17, 15) is 29.4 Å². The Labute approximate surface area is 218 Å². The molecule has 0 saturated carbocycles. The first-order chi connectivity index (χ1) is 17.5. The van der Waals surface area contributed by atoms with Crippen LogP contribution in [-0.4, -0.2) is 72.3 Å². The number of carboxylic acid groups (broad SMARTS) is 2. The van der Waals surface area contributed by atoms with Crippen molar-refractivity contribution in [2.75, 3.05) is 11.5 Å². The van der Waals surface area contributed by atoms with Gasteiger partial charge in [0, 0.05) is 28.8 Å². The van der Waals surface area contributed by atoms with Crippen LogP contribution >= 0.6 is 23.1 Å². The van der Waals surface area contributed by atoms with Gasteiger partial charge in [-0.3, -0.25) is 14.5 Å². The molecule has 2 atom stereocenters. The van der Waals surface area contributed by atoms with Crippen molar-refractivity contribution in [1.29, 1.82) is 0 Å². The molecule has 1 fully saturated rings. The van der Waals surface area contributed by atoms with Crippen LogP contribution < -0.4 is 15.6 Å². The van der Waals surface area contributed by atoms with Crippen LogP contribution in [0.5, 0.6) is 0 Å². The number of pyridine rings is 1. The van der Waals surface area contributed by atoms with Crippen LogP contribution in [0.2, 0.25) is 0 Å². The lowest BCUT2D eigenvalue weighted by atomic mass is 10.0. The molecular weight excluding hydrogens is 524 g/mol. The molecule has 194 valence electrons. The lowest BCUT2D eigenvalue weighted by molar-refractivity contribution is -0.689. The summed E-state index contributed by atoms with van der Waals surface area (Å²) in [6, 6.07) is 4.44. The van der Waals surface area contributed by atoms with Crippen molar-refractivity contribution in [3.8, 4) is 0 Å². The number of β-lactam (4-membered cyclic amide) rings is 1. The molecule has 2 aromatic heterocycles. The van der Waals surface area contributed by atoms with Gasteiger partial charge in [0.2, 0.25) is 5.60 Å². The number of nitrogen functional groups attached to an aromatic ring is 1. The normalized spacial score (nSPS) is 19.7. The molecule has 4 heterocycles. The fourth-order valence-electron chi connectivity index (χ4n) is 3.57. The van der Waals surface area contributed by atoms with Crippen LogP contribution in [0.3, 0.4) is 0 Å². The third-order valence-corrected chi connectivity index (χ3v) is 7.56. The fraction of sp³-hybridized carbons (Fsp3) is 0.318. The number of nitrogens with one attached hydrogen (secondary N) is 1. The van der Waals surface area contributed by atoms with Crippen LogP contribution in [0, 0.1) is 0 Å². The second-order valence-corrected chi connectivity index (χ2v) is 10.6. The summed E-state index contributed by atoms with van der Waals surface area (Å²) in [6.07, 6.45) is 3.59. The topological polar surface area (TPSA) is 188 Å². The van der Waals surface area contributed by atoms with Crippen molar-refractivity contribution < 1.29 is 38.8 Å². The van der Waals surface area contributed by atoms with Crippen molar-refractivity contribution in [2.24, 2.45) is 5.16 Å². The van der Waals surface area contributed by atoms with E-state index in [0.29, 0.717) is 17.9 Å². The first-order valence-corrected chi connectivity index (χ1v) is 12.8. The monoisotopic (exact) mass is 547 g/mol. The van der Waals surface area contributed by atoms with E-state index in [1.54, 1.807) is 12.4 Å². The first kappa shape index (κ1) is 26.1. The maximum Gasteiger partial charge on any atom is 0.352 e. The average molecular weight is 548 g/mol. The second-order valence-electron chi connectivity index (χ2n) is 8.58. The number of oxime groups is 1. The number of thiazole rings is 1. The number of thioether (sulfide) groups is 1. The van der Waals surface area contributed by atoms with E-state index in [1.165, 1.54) is 35.9 Å². The number of amides is 2. The molecule has 4 rings (SSSR count). The number of nitrogens with two attached hydrogens (primary N) is 1. The van der Waals surface area contributed by atoms with Gasteiger partial charge in [0.25, 0.3) is 11.8 Å². The number of anilines is 1. The summed E-state index contributed by atoms with van der Waals surface area (Å²) in [4.78, 5) is 59.9. The maximum atomic E-state index is 13.1. The van der Waals surface area contributed by atoms with Crippen LogP contribution in [0.4, 0.5) is 5.13 Å². The van der Waals surface area contributed by atoms with Crippen molar-refractivity contribution in [1.82, 2.24) is 15.2 Å². The van der Waals surface area contributed by atoms with Gasteiger partial charge in [-0.15, -0.1) is 23.1 Å². The largest absolute Gasteiger partial charge is 0.478 e. The third-order valence-electron chi connectivity index (χ3n) is 5.55. The summed E-state index contributed by atoms with van der Waals surface area (Å²) in [7, 11) is 0.